The number of anilines is 1. The lowest BCUT2D eigenvalue weighted by Gasteiger charge is -2.31. The van der Waals surface area contributed by atoms with Gasteiger partial charge in [0.15, 0.2) is 11.3 Å². The van der Waals surface area contributed by atoms with E-state index in [2.05, 4.69) is 26.3 Å². The molecule has 12 heteroatoms. The van der Waals surface area contributed by atoms with Crippen LogP contribution in [0.25, 0.3) is 33.7 Å². The van der Waals surface area contributed by atoms with Gasteiger partial charge in [-0.1, -0.05) is 24.3 Å². The van der Waals surface area contributed by atoms with Gasteiger partial charge in [-0.2, -0.15) is 10.4 Å². The van der Waals surface area contributed by atoms with Crippen molar-refractivity contribution in [3.8, 4) is 28.7 Å². The SMILES string of the molecule is COC(=O)[C@@H]1CCN(Cc2cc(C#N)c3oc(-c4cccc(-c5cccc(NC(=O)c6cc7n(n6)CCCC7N6CC[C@@H](O)C6)c5C)c4C)nc3c2)C1. The number of nitrogens with one attached hydrogen (secondary N) is 1. The van der Waals surface area contributed by atoms with Crippen LogP contribution in [0.1, 0.15) is 70.2 Å². The third-order valence-electron chi connectivity index (χ3n) is 11.2. The largest absolute Gasteiger partial charge is 0.469 e. The fourth-order valence-corrected chi connectivity index (χ4v) is 8.37. The van der Waals surface area contributed by atoms with Crippen molar-refractivity contribution in [1.82, 2.24) is 24.6 Å². The number of hydrogen-bond donors (Lipinski definition) is 2. The van der Waals surface area contributed by atoms with E-state index in [1.165, 1.54) is 7.11 Å². The Morgan fingerprint density at radius 3 is 2.57 bits per heavy atom. The highest BCUT2D eigenvalue weighted by atomic mass is 16.5. The van der Waals surface area contributed by atoms with Crippen LogP contribution in [0, 0.1) is 31.1 Å². The highest BCUT2D eigenvalue weighted by molar-refractivity contribution is 6.04. The van der Waals surface area contributed by atoms with Crippen LogP contribution in [-0.4, -0.2) is 80.9 Å². The van der Waals surface area contributed by atoms with Gasteiger partial charge >= 0.3 is 5.97 Å². The Bertz CT molecular complexity index is 2270. The number of benzene rings is 3. The van der Waals surface area contributed by atoms with Crippen molar-refractivity contribution in [1.29, 1.82) is 5.26 Å². The molecule has 3 aliphatic heterocycles. The van der Waals surface area contributed by atoms with Crippen LogP contribution < -0.4 is 5.32 Å². The Kier molecular flexibility index (Phi) is 9.32. The maximum atomic E-state index is 13.6. The van der Waals surface area contributed by atoms with Gasteiger partial charge in [0, 0.05) is 44.0 Å². The van der Waals surface area contributed by atoms with Crippen LogP contribution in [0.3, 0.4) is 0 Å². The number of aryl methyl sites for hydroxylation is 1. The van der Waals surface area contributed by atoms with Crippen molar-refractivity contribution >= 4 is 28.7 Å². The highest BCUT2D eigenvalue weighted by Crippen LogP contribution is 2.38. The molecule has 3 aromatic carbocycles. The summed E-state index contributed by atoms with van der Waals surface area (Å²) in [5.74, 6) is -0.161. The average Bonchev–Trinajstić information content (AvgIpc) is 3.98. The number of rotatable bonds is 8. The number of aliphatic hydroxyl groups excluding tert-OH is 1. The van der Waals surface area contributed by atoms with Gasteiger partial charge in [-0.25, -0.2) is 4.98 Å². The first kappa shape index (κ1) is 34.7. The number of nitriles is 1. The lowest BCUT2D eigenvalue weighted by atomic mass is 9.93. The van der Waals surface area contributed by atoms with Crippen molar-refractivity contribution in [2.45, 2.75) is 64.8 Å². The Labute approximate surface area is 308 Å². The summed E-state index contributed by atoms with van der Waals surface area (Å²) >= 11 is 0. The van der Waals surface area contributed by atoms with Gasteiger partial charge in [0.05, 0.1) is 36.4 Å². The van der Waals surface area contributed by atoms with E-state index in [1.54, 1.807) is 0 Å². The summed E-state index contributed by atoms with van der Waals surface area (Å²) in [6.07, 6.45) is 3.19. The van der Waals surface area contributed by atoms with Gasteiger partial charge in [0.2, 0.25) is 5.89 Å². The Morgan fingerprint density at radius 2 is 1.79 bits per heavy atom. The number of aliphatic hydroxyl groups is 1. The van der Waals surface area contributed by atoms with Crippen LogP contribution in [-0.2, 0) is 22.6 Å². The quantitative estimate of drug-likeness (QED) is 0.184. The average molecular weight is 714 g/mol. The molecular weight excluding hydrogens is 670 g/mol. The van der Waals surface area contributed by atoms with Gasteiger partial charge < -0.3 is 19.6 Å². The molecular formula is C41H43N7O5. The van der Waals surface area contributed by atoms with Gasteiger partial charge in [-0.05, 0) is 104 Å². The zero-order valence-corrected chi connectivity index (χ0v) is 30.3. The van der Waals surface area contributed by atoms with E-state index in [0.29, 0.717) is 53.6 Å². The number of aromatic nitrogens is 3. The summed E-state index contributed by atoms with van der Waals surface area (Å²) < 4.78 is 13.2. The predicted octanol–water partition coefficient (Wildman–Crippen LogP) is 6.00. The molecule has 0 saturated carbocycles. The van der Waals surface area contributed by atoms with E-state index >= 15 is 0 Å². The van der Waals surface area contributed by atoms with Gasteiger partial charge in [0.25, 0.3) is 5.91 Å². The summed E-state index contributed by atoms with van der Waals surface area (Å²) in [6.45, 7) is 8.28. The fourth-order valence-electron chi connectivity index (χ4n) is 8.37. The first-order chi connectivity index (χ1) is 25.7. The number of oxazole rings is 1. The summed E-state index contributed by atoms with van der Waals surface area (Å²) in [5.41, 5.74) is 9.13. The smallest absolute Gasteiger partial charge is 0.310 e. The van der Waals surface area contributed by atoms with E-state index < -0.39 is 0 Å². The minimum Gasteiger partial charge on any atom is -0.469 e. The van der Waals surface area contributed by atoms with E-state index in [1.807, 2.05) is 73.1 Å². The van der Waals surface area contributed by atoms with Crippen molar-refractivity contribution in [2.75, 3.05) is 38.6 Å². The molecule has 8 rings (SSSR count). The number of hydrogen-bond acceptors (Lipinski definition) is 10. The third-order valence-corrected chi connectivity index (χ3v) is 11.2. The number of carbonyl (C=O) groups is 2. The van der Waals surface area contributed by atoms with Crippen molar-refractivity contribution in [3.63, 3.8) is 0 Å². The van der Waals surface area contributed by atoms with E-state index in [9.17, 15) is 20.0 Å². The zero-order chi connectivity index (χ0) is 36.8. The van der Waals surface area contributed by atoms with E-state index in [-0.39, 0.29) is 29.9 Å². The standard InChI is InChI=1S/C41H43N7O5/c1-24-30(7-4-9-32(24)40-44-34-18-26(17-28(20-42)38(34)53-40)21-46-15-12-27(22-46)41(51)52-3)31-8-5-10-33(25(31)2)43-39(50)35-19-37-36(11-6-14-48(37)45-35)47-16-13-29(49)23-47/h4-5,7-10,17-19,27,29,36,49H,6,11-16,21-23H2,1-3H3,(H,43,50)/t27-,29-,36?/m1/s1. The third kappa shape index (κ3) is 6.61. The molecule has 5 aromatic rings. The fraction of sp³-hybridized carbons (Fsp3) is 0.390. The van der Waals surface area contributed by atoms with Gasteiger partial charge in [0.1, 0.15) is 11.6 Å². The molecule has 0 aliphatic carbocycles. The summed E-state index contributed by atoms with van der Waals surface area (Å²) in [5, 5.41) is 28.0. The van der Waals surface area contributed by atoms with E-state index in [0.717, 1.165) is 84.4 Å². The molecule has 2 saturated heterocycles. The number of amides is 1. The monoisotopic (exact) mass is 713 g/mol. The van der Waals surface area contributed by atoms with Crippen molar-refractivity contribution in [2.24, 2.45) is 5.92 Å². The second-order valence-electron chi connectivity index (χ2n) is 14.5. The Balaban J connectivity index is 1.04. The maximum Gasteiger partial charge on any atom is 0.310 e. The van der Waals surface area contributed by atoms with Crippen LogP contribution >= 0.6 is 0 Å². The molecule has 3 aliphatic rings. The number of β-amino-alcohol motifs (C(OH)–C–C–N with tert-alkyl or cyclic N) is 1. The molecule has 12 nitrogen and oxygen atoms in total. The number of nitrogens with zero attached hydrogens (tertiary/aromatic N) is 6. The molecule has 1 amide bonds. The second-order valence-corrected chi connectivity index (χ2v) is 14.5. The van der Waals surface area contributed by atoms with Crippen LogP contribution in [0.15, 0.2) is 59.0 Å². The molecule has 2 aromatic heterocycles. The molecule has 5 heterocycles. The number of esters is 1. The molecule has 53 heavy (non-hydrogen) atoms. The molecule has 2 fully saturated rings. The molecule has 0 radical (unpaired) electrons. The topological polar surface area (TPSA) is 150 Å². The van der Waals surface area contributed by atoms with Gasteiger partial charge in [-0.3, -0.25) is 24.1 Å². The van der Waals surface area contributed by atoms with Gasteiger partial charge in [-0.15, -0.1) is 0 Å². The first-order valence-electron chi connectivity index (χ1n) is 18.4. The van der Waals surface area contributed by atoms with Crippen LogP contribution in [0.4, 0.5) is 5.69 Å². The Hall–Kier alpha value is -5.35. The highest BCUT2D eigenvalue weighted by Gasteiger charge is 2.33. The summed E-state index contributed by atoms with van der Waals surface area (Å²) in [6, 6.07) is 20.0. The zero-order valence-electron chi connectivity index (χ0n) is 30.3. The number of fused-ring (bicyclic) bond motifs is 2. The van der Waals surface area contributed by atoms with E-state index in [4.69, 9.17) is 14.1 Å². The Morgan fingerprint density at radius 1 is 1.00 bits per heavy atom. The molecule has 0 spiro atoms. The lowest BCUT2D eigenvalue weighted by Crippen LogP contribution is -2.32. The first-order valence-corrected chi connectivity index (χ1v) is 18.4. The number of carbonyl (C=O) groups excluding carboxylic acids is 2. The number of ether oxygens (including phenoxy) is 1. The normalized spacial score (nSPS) is 20.4. The lowest BCUT2D eigenvalue weighted by molar-refractivity contribution is -0.144. The number of methoxy groups -OCH3 is 1. The molecule has 272 valence electrons. The molecule has 3 atom stereocenters. The maximum absolute atomic E-state index is 13.6. The molecule has 2 N–H and O–H groups in total. The number of likely N-dealkylation sites (tertiary alicyclic amines) is 2. The van der Waals surface area contributed by atoms with Crippen molar-refractivity contribution < 1.29 is 23.8 Å². The summed E-state index contributed by atoms with van der Waals surface area (Å²) in [7, 11) is 1.42. The predicted molar refractivity (Wildman–Crippen MR) is 199 cm³/mol. The summed E-state index contributed by atoms with van der Waals surface area (Å²) in [4.78, 5) is 35.0. The van der Waals surface area contributed by atoms with Crippen LogP contribution in [0.5, 0.6) is 0 Å². The molecule has 1 unspecified atom stereocenters. The minimum absolute atomic E-state index is 0.139. The van der Waals surface area contributed by atoms with Crippen LogP contribution in [0.2, 0.25) is 0 Å². The van der Waals surface area contributed by atoms with Crippen molar-refractivity contribution in [3.05, 3.63) is 88.2 Å². The second kappa shape index (κ2) is 14.2. The molecule has 0 bridgehead atoms. The minimum atomic E-state index is -0.300.